The summed E-state index contributed by atoms with van der Waals surface area (Å²) < 4.78 is 1.51. The van der Waals surface area contributed by atoms with Gasteiger partial charge in [-0.1, -0.05) is 0 Å². The van der Waals surface area contributed by atoms with Crippen LogP contribution < -0.4 is 0 Å². The van der Waals surface area contributed by atoms with E-state index in [1.54, 1.807) is 6.20 Å². The zero-order valence-electron chi connectivity index (χ0n) is 11.1. The Balaban J connectivity index is 2.01. The molecule has 104 valence electrons. The largest absolute Gasteiger partial charge is 0.481 e. The third kappa shape index (κ3) is 3.33. The predicted molar refractivity (Wildman–Crippen MR) is 68.8 cm³/mol. The van der Waals surface area contributed by atoms with Gasteiger partial charge in [0.05, 0.1) is 24.7 Å². The predicted octanol–water partition coefficient (Wildman–Crippen LogP) is 1.37. The molecule has 0 saturated carbocycles. The molecule has 1 aromatic heterocycles. The van der Waals surface area contributed by atoms with Crippen molar-refractivity contribution in [1.29, 1.82) is 0 Å². The number of carbonyl (C=O) groups excluding carboxylic acids is 1. The van der Waals surface area contributed by atoms with Gasteiger partial charge >= 0.3 is 5.97 Å². The fourth-order valence-corrected chi connectivity index (χ4v) is 2.37. The molecule has 2 rings (SSSR count). The Kier molecular flexibility index (Phi) is 4.19. The van der Waals surface area contributed by atoms with Crippen molar-refractivity contribution in [2.45, 2.75) is 45.2 Å². The maximum atomic E-state index is 12.3. The van der Waals surface area contributed by atoms with Gasteiger partial charge in [0, 0.05) is 18.8 Å². The summed E-state index contributed by atoms with van der Waals surface area (Å²) in [6, 6.07) is 0.267. The van der Waals surface area contributed by atoms with Crippen LogP contribution in [-0.2, 0) is 11.3 Å². The summed E-state index contributed by atoms with van der Waals surface area (Å²) in [6.45, 7) is 3.14. The number of hydrogen-bond acceptors (Lipinski definition) is 3. The molecule has 1 aliphatic heterocycles. The van der Waals surface area contributed by atoms with Gasteiger partial charge in [0.15, 0.2) is 0 Å². The summed E-state index contributed by atoms with van der Waals surface area (Å²) in [5, 5.41) is 12.6. The SMILES string of the molecule is CC1CCCCN1C(=O)c1cnn(CCC(=O)O)c1. The van der Waals surface area contributed by atoms with Gasteiger partial charge in [0.25, 0.3) is 5.91 Å². The molecule has 0 radical (unpaired) electrons. The molecule has 2 heterocycles. The topological polar surface area (TPSA) is 75.4 Å². The Hall–Kier alpha value is -1.85. The van der Waals surface area contributed by atoms with Crippen molar-refractivity contribution in [3.63, 3.8) is 0 Å². The molecule has 1 unspecified atom stereocenters. The van der Waals surface area contributed by atoms with Gasteiger partial charge in [-0.3, -0.25) is 14.3 Å². The first-order chi connectivity index (χ1) is 9.08. The fourth-order valence-electron chi connectivity index (χ4n) is 2.37. The van der Waals surface area contributed by atoms with E-state index < -0.39 is 5.97 Å². The lowest BCUT2D eigenvalue weighted by Gasteiger charge is -2.33. The maximum Gasteiger partial charge on any atom is 0.305 e. The van der Waals surface area contributed by atoms with E-state index in [-0.39, 0.29) is 24.9 Å². The molecular weight excluding hydrogens is 246 g/mol. The fraction of sp³-hybridized carbons (Fsp3) is 0.615. The van der Waals surface area contributed by atoms with E-state index in [2.05, 4.69) is 12.0 Å². The monoisotopic (exact) mass is 265 g/mol. The Morgan fingerprint density at radius 2 is 2.26 bits per heavy atom. The van der Waals surface area contributed by atoms with Crippen LogP contribution in [0, 0.1) is 0 Å². The first-order valence-corrected chi connectivity index (χ1v) is 6.63. The maximum absolute atomic E-state index is 12.3. The molecule has 0 aromatic carbocycles. The van der Waals surface area contributed by atoms with Crippen LogP contribution in [-0.4, -0.2) is 44.3 Å². The second kappa shape index (κ2) is 5.86. The van der Waals surface area contributed by atoms with E-state index in [0.717, 1.165) is 19.4 Å². The third-order valence-electron chi connectivity index (χ3n) is 3.50. The van der Waals surface area contributed by atoms with Crippen molar-refractivity contribution < 1.29 is 14.7 Å². The highest BCUT2D eigenvalue weighted by Gasteiger charge is 2.24. The summed E-state index contributed by atoms with van der Waals surface area (Å²) in [5.41, 5.74) is 0.541. The number of aromatic nitrogens is 2. The van der Waals surface area contributed by atoms with Gasteiger partial charge in [-0.2, -0.15) is 5.10 Å². The average molecular weight is 265 g/mol. The number of nitrogens with zero attached hydrogens (tertiary/aromatic N) is 3. The molecule has 1 aliphatic rings. The van der Waals surface area contributed by atoms with Crippen LogP contribution in [0.5, 0.6) is 0 Å². The van der Waals surface area contributed by atoms with E-state index in [1.165, 1.54) is 17.3 Å². The van der Waals surface area contributed by atoms with Crippen molar-refractivity contribution in [3.8, 4) is 0 Å². The molecule has 0 aliphatic carbocycles. The Morgan fingerprint density at radius 3 is 2.95 bits per heavy atom. The van der Waals surface area contributed by atoms with E-state index in [1.807, 2.05) is 4.90 Å². The normalized spacial score (nSPS) is 19.4. The van der Waals surface area contributed by atoms with Crippen molar-refractivity contribution in [1.82, 2.24) is 14.7 Å². The molecule has 0 spiro atoms. The molecule has 1 N–H and O–H groups in total. The lowest BCUT2D eigenvalue weighted by atomic mass is 10.0. The van der Waals surface area contributed by atoms with Crippen molar-refractivity contribution in [2.75, 3.05) is 6.54 Å². The smallest absolute Gasteiger partial charge is 0.305 e. The number of rotatable bonds is 4. The number of aliphatic carboxylic acids is 1. The highest BCUT2D eigenvalue weighted by molar-refractivity contribution is 5.94. The number of carboxylic acids is 1. The van der Waals surface area contributed by atoms with Gasteiger partial charge in [-0.05, 0) is 26.2 Å². The van der Waals surface area contributed by atoms with Gasteiger partial charge in [0.1, 0.15) is 0 Å². The van der Waals surface area contributed by atoms with Crippen LogP contribution in [0.1, 0.15) is 43.0 Å². The van der Waals surface area contributed by atoms with E-state index in [0.29, 0.717) is 5.56 Å². The summed E-state index contributed by atoms with van der Waals surface area (Å²) in [7, 11) is 0. The van der Waals surface area contributed by atoms with Crippen LogP contribution in [0.3, 0.4) is 0 Å². The molecule has 1 fully saturated rings. The van der Waals surface area contributed by atoms with Crippen LogP contribution in [0.4, 0.5) is 0 Å². The van der Waals surface area contributed by atoms with Crippen molar-refractivity contribution in [2.24, 2.45) is 0 Å². The second-order valence-corrected chi connectivity index (χ2v) is 4.98. The van der Waals surface area contributed by atoms with Crippen LogP contribution in [0.25, 0.3) is 0 Å². The minimum Gasteiger partial charge on any atom is -0.481 e. The van der Waals surface area contributed by atoms with Crippen LogP contribution in [0.2, 0.25) is 0 Å². The lowest BCUT2D eigenvalue weighted by molar-refractivity contribution is -0.137. The van der Waals surface area contributed by atoms with E-state index in [4.69, 9.17) is 5.11 Å². The van der Waals surface area contributed by atoms with Gasteiger partial charge in [-0.15, -0.1) is 0 Å². The zero-order valence-corrected chi connectivity index (χ0v) is 11.1. The summed E-state index contributed by atoms with van der Waals surface area (Å²) in [6.07, 6.45) is 6.42. The molecule has 6 heteroatoms. The molecule has 1 atom stereocenters. The molecule has 0 bridgehead atoms. The molecule has 1 aromatic rings. The Bertz CT molecular complexity index is 469. The Labute approximate surface area is 112 Å². The van der Waals surface area contributed by atoms with Crippen LogP contribution >= 0.6 is 0 Å². The molecule has 1 saturated heterocycles. The number of likely N-dealkylation sites (tertiary alicyclic amines) is 1. The lowest BCUT2D eigenvalue weighted by Crippen LogP contribution is -2.41. The first kappa shape index (κ1) is 13.6. The minimum atomic E-state index is -0.868. The van der Waals surface area contributed by atoms with Gasteiger partial charge in [0.2, 0.25) is 0 Å². The molecule has 1 amide bonds. The third-order valence-corrected chi connectivity index (χ3v) is 3.50. The second-order valence-electron chi connectivity index (χ2n) is 4.98. The number of aryl methyl sites for hydroxylation is 1. The number of piperidine rings is 1. The first-order valence-electron chi connectivity index (χ1n) is 6.63. The molecule has 6 nitrogen and oxygen atoms in total. The van der Waals surface area contributed by atoms with Gasteiger partial charge < -0.3 is 10.0 Å². The highest BCUT2D eigenvalue weighted by Crippen LogP contribution is 2.18. The molecule has 19 heavy (non-hydrogen) atoms. The summed E-state index contributed by atoms with van der Waals surface area (Å²) in [4.78, 5) is 24.7. The summed E-state index contributed by atoms with van der Waals surface area (Å²) >= 11 is 0. The number of amides is 1. The highest BCUT2D eigenvalue weighted by atomic mass is 16.4. The minimum absolute atomic E-state index is 0.00576. The quantitative estimate of drug-likeness (QED) is 0.892. The van der Waals surface area contributed by atoms with Crippen molar-refractivity contribution in [3.05, 3.63) is 18.0 Å². The van der Waals surface area contributed by atoms with E-state index >= 15 is 0 Å². The molecular formula is C13H19N3O3. The Morgan fingerprint density at radius 1 is 1.47 bits per heavy atom. The zero-order chi connectivity index (χ0) is 13.8. The summed E-state index contributed by atoms with van der Waals surface area (Å²) in [5.74, 6) is -0.873. The van der Waals surface area contributed by atoms with Gasteiger partial charge in [-0.25, -0.2) is 0 Å². The van der Waals surface area contributed by atoms with E-state index in [9.17, 15) is 9.59 Å². The standard InChI is InChI=1S/C13H19N3O3/c1-10-4-2-3-6-16(10)13(19)11-8-14-15(9-11)7-5-12(17)18/h8-10H,2-7H2,1H3,(H,17,18). The number of hydrogen-bond donors (Lipinski definition) is 1. The number of carbonyl (C=O) groups is 2. The van der Waals surface area contributed by atoms with Crippen LogP contribution in [0.15, 0.2) is 12.4 Å². The van der Waals surface area contributed by atoms with Crippen molar-refractivity contribution >= 4 is 11.9 Å². The number of carboxylic acid groups (broad SMARTS) is 1. The average Bonchev–Trinajstić information content (AvgIpc) is 2.85.